The van der Waals surface area contributed by atoms with E-state index >= 15 is 0 Å². The summed E-state index contributed by atoms with van der Waals surface area (Å²) in [5.74, 6) is -0.462. The minimum atomic E-state index is -0.415. The molecule has 0 aliphatic rings. The van der Waals surface area contributed by atoms with Crippen LogP contribution in [0.5, 0.6) is 11.5 Å². The van der Waals surface area contributed by atoms with Crippen molar-refractivity contribution in [2.75, 3.05) is 0 Å². The van der Waals surface area contributed by atoms with Gasteiger partial charge in [-0.1, -0.05) is 6.07 Å². The minimum Gasteiger partial charge on any atom is -0.504 e. The maximum absolute atomic E-state index is 11.7. The first-order chi connectivity index (χ1) is 9.09. The van der Waals surface area contributed by atoms with Crippen molar-refractivity contribution in [2.24, 2.45) is 5.10 Å². The number of para-hydroxylation sites is 1. The van der Waals surface area contributed by atoms with Crippen LogP contribution in [0.4, 0.5) is 0 Å². The average molecular weight is 260 g/mol. The second-order valence-corrected chi connectivity index (χ2v) is 3.80. The largest absolute Gasteiger partial charge is 0.504 e. The second-order valence-electron chi connectivity index (χ2n) is 3.80. The monoisotopic (exact) mass is 260 g/mol. The maximum Gasteiger partial charge on any atom is 0.274 e. The Morgan fingerprint density at radius 3 is 2.84 bits per heavy atom. The molecule has 98 valence electrons. The number of phenols is 2. The van der Waals surface area contributed by atoms with Gasteiger partial charge in [-0.3, -0.25) is 4.79 Å². The zero-order chi connectivity index (χ0) is 13.8. The van der Waals surface area contributed by atoms with E-state index in [1.54, 1.807) is 19.1 Å². The third-order valence-electron chi connectivity index (χ3n) is 2.52. The summed E-state index contributed by atoms with van der Waals surface area (Å²) >= 11 is 0. The van der Waals surface area contributed by atoms with E-state index in [0.29, 0.717) is 16.9 Å². The Morgan fingerprint density at radius 1 is 1.37 bits per heavy atom. The number of amides is 1. The molecule has 0 radical (unpaired) electrons. The molecule has 0 unspecified atom stereocenters. The highest BCUT2D eigenvalue weighted by molar-refractivity contribution is 5.95. The van der Waals surface area contributed by atoms with Crippen LogP contribution in [-0.2, 0) is 0 Å². The van der Waals surface area contributed by atoms with Gasteiger partial charge >= 0.3 is 0 Å². The number of aromatic hydroxyl groups is 2. The lowest BCUT2D eigenvalue weighted by Crippen LogP contribution is -2.17. The molecule has 1 aromatic heterocycles. The number of furan rings is 1. The Kier molecular flexibility index (Phi) is 3.51. The van der Waals surface area contributed by atoms with Crippen LogP contribution in [0.2, 0.25) is 0 Å². The van der Waals surface area contributed by atoms with E-state index in [-0.39, 0.29) is 11.5 Å². The van der Waals surface area contributed by atoms with Gasteiger partial charge < -0.3 is 14.6 Å². The maximum atomic E-state index is 11.7. The fraction of sp³-hybridized carbons (Fsp3) is 0.0769. The Morgan fingerprint density at radius 2 is 2.16 bits per heavy atom. The lowest BCUT2D eigenvalue weighted by atomic mass is 10.2. The molecule has 19 heavy (non-hydrogen) atoms. The summed E-state index contributed by atoms with van der Waals surface area (Å²) in [6.45, 7) is 1.67. The molecule has 0 saturated carbocycles. The Hall–Kier alpha value is -2.76. The predicted octanol–water partition coefficient (Wildman–Crippen LogP) is 1.76. The van der Waals surface area contributed by atoms with E-state index in [9.17, 15) is 15.0 Å². The molecule has 0 saturated heterocycles. The molecular formula is C13H12N2O4. The number of carbonyl (C=O) groups excluding carboxylic acids is 1. The molecular weight excluding hydrogens is 248 g/mol. The van der Waals surface area contributed by atoms with Gasteiger partial charge in [0.2, 0.25) is 0 Å². The number of hydrogen-bond donors (Lipinski definition) is 3. The van der Waals surface area contributed by atoms with Gasteiger partial charge in [-0.25, -0.2) is 5.43 Å². The smallest absolute Gasteiger partial charge is 0.274 e. The van der Waals surface area contributed by atoms with Crippen molar-refractivity contribution >= 4 is 12.1 Å². The minimum absolute atomic E-state index is 0.249. The lowest BCUT2D eigenvalue weighted by Gasteiger charge is -2.01. The SMILES string of the molecule is Cc1occc1C(=O)N/N=C\c1cccc(O)c1O. The first-order valence-electron chi connectivity index (χ1n) is 5.48. The molecule has 2 rings (SSSR count). The van der Waals surface area contributed by atoms with Crippen LogP contribution >= 0.6 is 0 Å². The molecule has 6 nitrogen and oxygen atoms in total. The van der Waals surface area contributed by atoms with Crippen LogP contribution in [0.15, 0.2) is 40.0 Å². The van der Waals surface area contributed by atoms with Crippen LogP contribution in [0, 0.1) is 6.92 Å². The zero-order valence-electron chi connectivity index (χ0n) is 10.1. The third-order valence-corrected chi connectivity index (χ3v) is 2.52. The number of hydrazone groups is 1. The number of hydrogen-bond acceptors (Lipinski definition) is 5. The van der Waals surface area contributed by atoms with Gasteiger partial charge in [0.1, 0.15) is 5.76 Å². The second kappa shape index (κ2) is 5.26. The standard InChI is InChI=1S/C13H12N2O4/c1-8-10(5-6-19-8)13(18)15-14-7-9-3-2-4-11(16)12(9)17/h2-7,16-17H,1H3,(H,15,18)/b14-7-. The average Bonchev–Trinajstić information content (AvgIpc) is 2.81. The van der Waals surface area contributed by atoms with E-state index < -0.39 is 5.91 Å². The summed E-state index contributed by atoms with van der Waals surface area (Å²) in [6.07, 6.45) is 2.65. The van der Waals surface area contributed by atoms with Crippen LogP contribution in [0.25, 0.3) is 0 Å². The highest BCUT2D eigenvalue weighted by Gasteiger charge is 2.10. The van der Waals surface area contributed by atoms with Crippen LogP contribution in [-0.4, -0.2) is 22.3 Å². The Balaban J connectivity index is 2.07. The molecule has 0 fully saturated rings. The zero-order valence-corrected chi connectivity index (χ0v) is 10.1. The molecule has 1 aromatic carbocycles. The van der Waals surface area contributed by atoms with E-state index in [0.717, 1.165) is 0 Å². The summed E-state index contributed by atoms with van der Waals surface area (Å²) < 4.78 is 5.00. The molecule has 1 heterocycles. The van der Waals surface area contributed by atoms with Crippen LogP contribution in [0.1, 0.15) is 21.7 Å². The van der Waals surface area contributed by atoms with Crippen molar-refractivity contribution in [3.8, 4) is 11.5 Å². The van der Waals surface area contributed by atoms with E-state index in [1.165, 1.54) is 24.6 Å². The summed E-state index contributed by atoms with van der Waals surface area (Å²) in [4.78, 5) is 11.7. The van der Waals surface area contributed by atoms with E-state index in [4.69, 9.17) is 4.42 Å². The molecule has 6 heteroatoms. The summed E-state index contributed by atoms with van der Waals surface area (Å²) in [5.41, 5.74) is 2.98. The van der Waals surface area contributed by atoms with Gasteiger partial charge in [0.15, 0.2) is 11.5 Å². The molecule has 0 atom stereocenters. The third kappa shape index (κ3) is 2.74. The van der Waals surface area contributed by atoms with Crippen molar-refractivity contribution < 1.29 is 19.4 Å². The molecule has 1 amide bonds. The molecule has 2 aromatic rings. The Bertz CT molecular complexity index is 631. The van der Waals surface area contributed by atoms with Crippen molar-refractivity contribution in [2.45, 2.75) is 6.92 Å². The highest BCUT2D eigenvalue weighted by Crippen LogP contribution is 2.26. The number of benzene rings is 1. The van der Waals surface area contributed by atoms with Gasteiger partial charge in [-0.15, -0.1) is 0 Å². The topological polar surface area (TPSA) is 95.1 Å². The first-order valence-corrected chi connectivity index (χ1v) is 5.48. The summed E-state index contributed by atoms with van der Waals surface area (Å²) in [5, 5.41) is 22.5. The van der Waals surface area contributed by atoms with Gasteiger partial charge in [0.25, 0.3) is 5.91 Å². The number of rotatable bonds is 3. The number of carbonyl (C=O) groups is 1. The number of nitrogens with zero attached hydrogens (tertiary/aromatic N) is 1. The summed E-state index contributed by atoms with van der Waals surface area (Å²) in [7, 11) is 0. The van der Waals surface area contributed by atoms with Crippen molar-refractivity contribution in [1.29, 1.82) is 0 Å². The van der Waals surface area contributed by atoms with Crippen molar-refractivity contribution in [1.82, 2.24) is 5.43 Å². The predicted molar refractivity (Wildman–Crippen MR) is 68.3 cm³/mol. The van der Waals surface area contributed by atoms with Crippen molar-refractivity contribution in [3.63, 3.8) is 0 Å². The summed E-state index contributed by atoms with van der Waals surface area (Å²) in [6, 6.07) is 5.98. The van der Waals surface area contributed by atoms with Gasteiger partial charge in [0, 0.05) is 5.56 Å². The van der Waals surface area contributed by atoms with Gasteiger partial charge in [-0.2, -0.15) is 5.10 Å². The Labute approximate surface area is 109 Å². The van der Waals surface area contributed by atoms with Crippen molar-refractivity contribution in [3.05, 3.63) is 47.4 Å². The van der Waals surface area contributed by atoms with E-state index in [1.807, 2.05) is 0 Å². The number of nitrogens with one attached hydrogen (secondary N) is 1. The molecule has 0 spiro atoms. The fourth-order valence-corrected chi connectivity index (χ4v) is 1.49. The van der Waals surface area contributed by atoms with Crippen LogP contribution in [0.3, 0.4) is 0 Å². The molecule has 0 aliphatic carbocycles. The number of aryl methyl sites for hydroxylation is 1. The van der Waals surface area contributed by atoms with Gasteiger partial charge in [0.05, 0.1) is 18.0 Å². The molecule has 0 aliphatic heterocycles. The normalized spacial score (nSPS) is 10.8. The highest BCUT2D eigenvalue weighted by atomic mass is 16.3. The molecule has 3 N–H and O–H groups in total. The lowest BCUT2D eigenvalue weighted by molar-refractivity contribution is 0.0953. The van der Waals surface area contributed by atoms with E-state index in [2.05, 4.69) is 10.5 Å². The van der Waals surface area contributed by atoms with Gasteiger partial charge in [-0.05, 0) is 25.1 Å². The quantitative estimate of drug-likeness (QED) is 0.445. The number of phenolic OH excluding ortho intramolecular Hbond substituents is 2. The fourth-order valence-electron chi connectivity index (χ4n) is 1.49. The molecule has 0 bridgehead atoms. The first kappa shape index (κ1) is 12.7. The van der Waals surface area contributed by atoms with Crippen LogP contribution < -0.4 is 5.43 Å².